The normalized spacial score (nSPS) is 12.4. The number of primary amides is 1. The maximum atomic E-state index is 13.8. The van der Waals surface area contributed by atoms with Crippen molar-refractivity contribution in [2.24, 2.45) is 5.73 Å². The minimum atomic E-state index is -0.544. The zero-order valence-electron chi connectivity index (χ0n) is 20.7. The summed E-state index contributed by atoms with van der Waals surface area (Å²) in [4.78, 5) is 20.2. The molecule has 38 heavy (non-hydrogen) atoms. The number of imidazole rings is 1. The number of nitrogens with zero attached hydrogens (tertiary/aromatic N) is 2. The number of carbonyl (C=O) groups excluding carboxylic acids is 1. The number of rotatable bonds is 7. The molecule has 1 amide bonds. The number of hydrogen-bond donors (Lipinski definition) is 4. The van der Waals surface area contributed by atoms with E-state index in [1.54, 1.807) is 12.1 Å². The van der Waals surface area contributed by atoms with E-state index in [0.717, 1.165) is 33.1 Å². The highest BCUT2D eigenvalue weighted by atomic mass is 19.1. The molecule has 0 fully saturated rings. The number of halogens is 1. The van der Waals surface area contributed by atoms with Gasteiger partial charge in [-0.2, -0.15) is 0 Å². The second-order valence-electron chi connectivity index (χ2n) is 9.33. The lowest BCUT2D eigenvalue weighted by atomic mass is 10.1. The number of para-hydroxylation sites is 1. The van der Waals surface area contributed by atoms with Gasteiger partial charge in [0.05, 0.1) is 34.2 Å². The van der Waals surface area contributed by atoms with Crippen LogP contribution in [0.4, 0.5) is 10.1 Å². The molecule has 0 spiro atoms. The lowest BCUT2D eigenvalue weighted by Gasteiger charge is -2.19. The van der Waals surface area contributed by atoms with Crippen LogP contribution in [0.1, 0.15) is 23.7 Å². The molecule has 6 rings (SSSR count). The van der Waals surface area contributed by atoms with Crippen molar-refractivity contribution < 1.29 is 14.3 Å². The Hall–Kier alpha value is -4.69. The van der Waals surface area contributed by atoms with E-state index in [2.05, 4.69) is 20.9 Å². The van der Waals surface area contributed by atoms with Gasteiger partial charge in [-0.1, -0.05) is 37.3 Å². The van der Waals surface area contributed by atoms with E-state index in [9.17, 15) is 14.3 Å². The molecule has 1 unspecified atom stereocenters. The third-order valence-corrected chi connectivity index (χ3v) is 7.00. The summed E-state index contributed by atoms with van der Waals surface area (Å²) in [7, 11) is 0. The summed E-state index contributed by atoms with van der Waals surface area (Å²) in [6.45, 7) is 1.89. The molecule has 6 aromatic rings. The van der Waals surface area contributed by atoms with Crippen molar-refractivity contribution in [3.05, 3.63) is 90.2 Å². The lowest BCUT2D eigenvalue weighted by Crippen LogP contribution is -2.25. The number of hydrogen-bond acceptors (Lipinski definition) is 4. The van der Waals surface area contributed by atoms with Crippen LogP contribution in [0.15, 0.2) is 78.9 Å². The van der Waals surface area contributed by atoms with Crippen molar-refractivity contribution in [3.8, 4) is 17.1 Å². The summed E-state index contributed by atoms with van der Waals surface area (Å²) < 4.78 is 16.0. The fourth-order valence-corrected chi connectivity index (χ4v) is 5.11. The number of aliphatic hydroxyl groups excluding tert-OH is 1. The Labute approximate surface area is 217 Å². The van der Waals surface area contributed by atoms with Gasteiger partial charge in [-0.15, -0.1) is 0 Å². The van der Waals surface area contributed by atoms with Crippen molar-refractivity contribution >= 4 is 44.4 Å². The Morgan fingerprint density at radius 1 is 1.08 bits per heavy atom. The summed E-state index contributed by atoms with van der Waals surface area (Å²) in [5, 5.41) is 15.0. The number of aliphatic hydroxyl groups is 1. The van der Waals surface area contributed by atoms with E-state index in [0.29, 0.717) is 34.5 Å². The molecule has 2 heterocycles. The first-order valence-corrected chi connectivity index (χ1v) is 12.5. The predicted octanol–water partition coefficient (Wildman–Crippen LogP) is 5.75. The minimum Gasteiger partial charge on any atom is -0.394 e. The van der Waals surface area contributed by atoms with Gasteiger partial charge >= 0.3 is 0 Å². The minimum absolute atomic E-state index is 0.0704. The van der Waals surface area contributed by atoms with E-state index >= 15 is 0 Å². The Balaban J connectivity index is 1.60. The monoisotopic (exact) mass is 507 g/mol. The SMILES string of the molecule is CCC(CO)Nc1cc(-n2c3ccccc3c3c(-c4nc5ccc(F)cc5[nH]4)cccc32)ccc1C(N)=O. The molecule has 7 nitrogen and oxygen atoms in total. The summed E-state index contributed by atoms with van der Waals surface area (Å²) in [6.07, 6.45) is 0.680. The van der Waals surface area contributed by atoms with E-state index in [1.165, 1.54) is 12.1 Å². The van der Waals surface area contributed by atoms with E-state index < -0.39 is 5.91 Å². The second-order valence-corrected chi connectivity index (χ2v) is 9.33. The molecule has 2 aromatic heterocycles. The van der Waals surface area contributed by atoms with Crippen LogP contribution >= 0.6 is 0 Å². The number of nitrogens with two attached hydrogens (primary N) is 1. The van der Waals surface area contributed by atoms with E-state index in [1.807, 2.05) is 55.5 Å². The Bertz CT molecular complexity index is 1830. The van der Waals surface area contributed by atoms with Gasteiger partial charge < -0.3 is 25.7 Å². The standard InChI is InChI=1S/C30H26FN5O2/c1-2-18(16-37)33-24-15-19(11-12-20(24)29(32)38)36-26-8-4-3-6-21(26)28-22(7-5-9-27(28)36)30-34-23-13-10-17(31)14-25(23)35-30/h3-15,18,33,37H,2,16H2,1H3,(H2,32,38)(H,34,35). The van der Waals surface area contributed by atoms with Gasteiger partial charge in [0, 0.05) is 33.8 Å². The van der Waals surface area contributed by atoms with E-state index in [-0.39, 0.29) is 18.5 Å². The van der Waals surface area contributed by atoms with Gasteiger partial charge in [0.2, 0.25) is 0 Å². The first kappa shape index (κ1) is 23.7. The van der Waals surface area contributed by atoms with Crippen molar-refractivity contribution in [1.29, 1.82) is 0 Å². The summed E-state index contributed by atoms with van der Waals surface area (Å²) >= 11 is 0. The van der Waals surface area contributed by atoms with Crippen LogP contribution in [0.2, 0.25) is 0 Å². The molecule has 0 saturated heterocycles. The average molecular weight is 508 g/mol. The number of H-pyrrole nitrogens is 1. The molecular formula is C30H26FN5O2. The van der Waals surface area contributed by atoms with Gasteiger partial charge in [-0.3, -0.25) is 4.79 Å². The smallest absolute Gasteiger partial charge is 0.250 e. The molecule has 0 aliphatic heterocycles. The number of benzene rings is 4. The third kappa shape index (κ3) is 3.86. The molecule has 8 heteroatoms. The highest BCUT2D eigenvalue weighted by molar-refractivity contribution is 6.15. The topological polar surface area (TPSA) is 109 Å². The molecular weight excluding hydrogens is 481 g/mol. The molecule has 0 saturated carbocycles. The zero-order valence-corrected chi connectivity index (χ0v) is 20.7. The van der Waals surface area contributed by atoms with Crippen molar-refractivity contribution in [1.82, 2.24) is 14.5 Å². The molecule has 4 aromatic carbocycles. The van der Waals surface area contributed by atoms with Gasteiger partial charge in [-0.25, -0.2) is 9.37 Å². The highest BCUT2D eigenvalue weighted by Gasteiger charge is 2.19. The number of carbonyl (C=O) groups is 1. The first-order chi connectivity index (χ1) is 18.5. The first-order valence-electron chi connectivity index (χ1n) is 12.5. The highest BCUT2D eigenvalue weighted by Crippen LogP contribution is 2.38. The third-order valence-electron chi connectivity index (χ3n) is 7.00. The quantitative estimate of drug-likeness (QED) is 0.221. The van der Waals surface area contributed by atoms with Crippen molar-refractivity contribution in [2.45, 2.75) is 19.4 Å². The van der Waals surface area contributed by atoms with Crippen molar-refractivity contribution in [3.63, 3.8) is 0 Å². The van der Waals surface area contributed by atoms with Gasteiger partial charge in [0.15, 0.2) is 0 Å². The maximum absolute atomic E-state index is 13.8. The summed E-state index contributed by atoms with van der Waals surface area (Å²) in [5.41, 5.74) is 11.6. The number of aromatic nitrogens is 3. The van der Waals surface area contributed by atoms with Crippen LogP contribution < -0.4 is 11.1 Å². The van der Waals surface area contributed by atoms with E-state index in [4.69, 9.17) is 10.7 Å². The summed E-state index contributed by atoms with van der Waals surface area (Å²) in [5.74, 6) is -0.213. The number of anilines is 1. The van der Waals surface area contributed by atoms with Crippen LogP contribution in [-0.2, 0) is 0 Å². The zero-order chi connectivity index (χ0) is 26.4. The average Bonchev–Trinajstić information content (AvgIpc) is 3.50. The van der Waals surface area contributed by atoms with Gasteiger partial charge in [-0.05, 0) is 55.0 Å². The van der Waals surface area contributed by atoms with Crippen LogP contribution in [0.25, 0.3) is 49.9 Å². The molecule has 0 aliphatic rings. The lowest BCUT2D eigenvalue weighted by molar-refractivity contribution is 0.100. The van der Waals surface area contributed by atoms with Gasteiger partial charge in [0.25, 0.3) is 5.91 Å². The fourth-order valence-electron chi connectivity index (χ4n) is 5.11. The molecule has 0 aliphatic carbocycles. The molecule has 5 N–H and O–H groups in total. The molecule has 0 radical (unpaired) electrons. The predicted molar refractivity (Wildman–Crippen MR) is 149 cm³/mol. The van der Waals surface area contributed by atoms with Crippen LogP contribution in [-0.4, -0.2) is 38.2 Å². The van der Waals surface area contributed by atoms with Crippen LogP contribution in [0.5, 0.6) is 0 Å². The number of nitrogens with one attached hydrogen (secondary N) is 2. The second kappa shape index (κ2) is 9.32. The van der Waals surface area contributed by atoms with Crippen LogP contribution in [0, 0.1) is 5.82 Å². The Morgan fingerprint density at radius 3 is 2.68 bits per heavy atom. The Kier molecular flexibility index (Phi) is 5.81. The maximum Gasteiger partial charge on any atom is 0.250 e. The van der Waals surface area contributed by atoms with Crippen LogP contribution in [0.3, 0.4) is 0 Å². The molecule has 0 bridgehead atoms. The van der Waals surface area contributed by atoms with Gasteiger partial charge in [0.1, 0.15) is 11.6 Å². The molecule has 190 valence electrons. The number of fused-ring (bicyclic) bond motifs is 4. The largest absolute Gasteiger partial charge is 0.394 e. The summed E-state index contributed by atoms with van der Waals surface area (Å²) in [6, 6.07) is 23.9. The molecule has 1 atom stereocenters. The number of amides is 1. The Morgan fingerprint density at radius 2 is 1.89 bits per heavy atom. The van der Waals surface area contributed by atoms with Crippen molar-refractivity contribution in [2.75, 3.05) is 11.9 Å². The number of aromatic amines is 1. The fraction of sp³-hybridized carbons (Fsp3) is 0.133.